The molecule has 4 N–H and O–H groups in total. The number of rotatable bonds is 8. The van der Waals surface area contributed by atoms with Gasteiger partial charge in [-0.25, -0.2) is 0 Å². The molecule has 1 fully saturated rings. The van der Waals surface area contributed by atoms with Gasteiger partial charge in [-0.15, -0.1) is 0 Å². The van der Waals surface area contributed by atoms with Crippen LogP contribution in [0.2, 0.25) is 0 Å². The van der Waals surface area contributed by atoms with Crippen LogP contribution in [0.5, 0.6) is 0 Å². The molecule has 0 aromatic heterocycles. The summed E-state index contributed by atoms with van der Waals surface area (Å²) in [5, 5.41) is 12.0. The zero-order chi connectivity index (χ0) is 15.5. The van der Waals surface area contributed by atoms with Crippen molar-refractivity contribution in [3.63, 3.8) is 0 Å². The van der Waals surface area contributed by atoms with Crippen molar-refractivity contribution in [2.75, 3.05) is 13.2 Å². The molecule has 1 aliphatic heterocycles. The lowest BCUT2D eigenvalue weighted by Crippen LogP contribution is -2.54. The summed E-state index contributed by atoms with van der Waals surface area (Å²) < 4.78 is 5.18. The maximum absolute atomic E-state index is 12.5. The van der Waals surface area contributed by atoms with Crippen molar-refractivity contribution in [1.29, 1.82) is 0 Å². The number of aliphatic hydroxyl groups is 1. The summed E-state index contributed by atoms with van der Waals surface area (Å²) in [7, 11) is 0. The number of ketones is 1. The molecule has 2 rings (SSSR count). The number of nitrogens with two attached hydrogens (primary N) is 1. The summed E-state index contributed by atoms with van der Waals surface area (Å²) in [6, 6.07) is 7.86. The van der Waals surface area contributed by atoms with E-state index in [2.05, 4.69) is 5.32 Å². The van der Waals surface area contributed by atoms with Gasteiger partial charge in [0, 0.05) is 0 Å². The average molecular weight is 292 g/mol. The summed E-state index contributed by atoms with van der Waals surface area (Å²) in [6.07, 6.45) is 0.405. The Morgan fingerprint density at radius 2 is 2.00 bits per heavy atom. The Kier molecular flexibility index (Phi) is 4.72. The second kappa shape index (κ2) is 6.34. The highest BCUT2D eigenvalue weighted by Crippen LogP contribution is 2.29. The van der Waals surface area contributed by atoms with E-state index in [1.165, 1.54) is 0 Å². The van der Waals surface area contributed by atoms with E-state index in [4.69, 9.17) is 10.5 Å². The van der Waals surface area contributed by atoms with Crippen molar-refractivity contribution < 1.29 is 19.4 Å². The Bertz CT molecular complexity index is 514. The summed E-state index contributed by atoms with van der Waals surface area (Å²) in [6.45, 7) is 1.64. The third-order valence-corrected chi connectivity index (χ3v) is 3.63. The minimum atomic E-state index is -0.954. The van der Waals surface area contributed by atoms with Gasteiger partial charge in [0.15, 0.2) is 5.78 Å². The molecular formula is C15H20N2O4. The number of hydrogen-bond donors (Lipinski definition) is 3. The Hall–Kier alpha value is -1.76. The second-order valence-corrected chi connectivity index (χ2v) is 5.43. The van der Waals surface area contributed by atoms with Crippen LogP contribution in [0, 0.1) is 0 Å². The van der Waals surface area contributed by atoms with Gasteiger partial charge in [0.1, 0.15) is 11.6 Å². The number of Topliss-reactive ketones (excluding diaryl/α,β-unsaturated/α-hetero) is 1. The molecule has 0 radical (unpaired) electrons. The van der Waals surface area contributed by atoms with Crippen LogP contribution in [-0.4, -0.2) is 47.7 Å². The molecule has 6 heteroatoms. The van der Waals surface area contributed by atoms with E-state index in [0.29, 0.717) is 13.0 Å². The van der Waals surface area contributed by atoms with E-state index in [0.717, 1.165) is 5.56 Å². The first-order valence-corrected chi connectivity index (χ1v) is 6.84. The van der Waals surface area contributed by atoms with Crippen LogP contribution in [-0.2, 0) is 20.7 Å². The van der Waals surface area contributed by atoms with Crippen molar-refractivity contribution in [2.45, 2.75) is 31.0 Å². The van der Waals surface area contributed by atoms with Gasteiger partial charge in [0.2, 0.25) is 5.91 Å². The number of hydrogen-bond acceptors (Lipinski definition) is 5. The third-order valence-electron chi connectivity index (χ3n) is 3.63. The van der Waals surface area contributed by atoms with Crippen LogP contribution in [0.15, 0.2) is 30.3 Å². The molecule has 1 aromatic carbocycles. The molecule has 1 heterocycles. The molecule has 21 heavy (non-hydrogen) atoms. The molecule has 1 saturated heterocycles. The fourth-order valence-corrected chi connectivity index (χ4v) is 2.16. The normalized spacial score (nSPS) is 23.3. The Labute approximate surface area is 123 Å². The van der Waals surface area contributed by atoms with E-state index in [9.17, 15) is 14.7 Å². The van der Waals surface area contributed by atoms with Crippen molar-refractivity contribution in [1.82, 2.24) is 5.32 Å². The van der Waals surface area contributed by atoms with Crippen LogP contribution in [0.4, 0.5) is 0 Å². The van der Waals surface area contributed by atoms with Crippen LogP contribution >= 0.6 is 0 Å². The summed E-state index contributed by atoms with van der Waals surface area (Å²) >= 11 is 0. The molecule has 0 spiro atoms. The zero-order valence-corrected chi connectivity index (χ0v) is 11.9. The molecule has 1 aliphatic rings. The summed E-state index contributed by atoms with van der Waals surface area (Å²) in [5.41, 5.74) is 5.36. The maximum atomic E-state index is 12.5. The van der Waals surface area contributed by atoms with Gasteiger partial charge in [-0.2, -0.15) is 0 Å². The highest BCUT2D eigenvalue weighted by molar-refractivity contribution is 5.94. The molecule has 6 nitrogen and oxygen atoms in total. The minimum absolute atomic E-state index is 0.133. The first-order valence-electron chi connectivity index (χ1n) is 6.84. The lowest BCUT2D eigenvalue weighted by Gasteiger charge is -2.23. The highest BCUT2D eigenvalue weighted by atomic mass is 16.6. The van der Waals surface area contributed by atoms with E-state index in [1.807, 2.05) is 30.3 Å². The van der Waals surface area contributed by atoms with E-state index in [-0.39, 0.29) is 5.78 Å². The van der Waals surface area contributed by atoms with Crippen molar-refractivity contribution in [3.8, 4) is 0 Å². The summed E-state index contributed by atoms with van der Waals surface area (Å²) in [5.74, 6) is -0.823. The Morgan fingerprint density at radius 3 is 2.48 bits per heavy atom. The van der Waals surface area contributed by atoms with Gasteiger partial charge in [0.25, 0.3) is 0 Å². The standard InChI is InChI=1S/C15H20N2O4/c1-15(9-21-15)13(19)11(17-12(8-18)14(16)20)7-10-5-3-2-4-6-10/h2-6,11-12,17-18H,7-9H2,1H3,(H2,16,20)/t11?,12-,15+/m0/s1. The first-order chi connectivity index (χ1) is 9.96. The number of nitrogens with one attached hydrogen (secondary N) is 1. The minimum Gasteiger partial charge on any atom is -0.394 e. The maximum Gasteiger partial charge on any atom is 0.236 e. The largest absolute Gasteiger partial charge is 0.394 e. The van der Waals surface area contributed by atoms with E-state index in [1.54, 1.807) is 6.92 Å². The number of benzene rings is 1. The lowest BCUT2D eigenvalue weighted by atomic mass is 9.94. The summed E-state index contributed by atoms with van der Waals surface area (Å²) in [4.78, 5) is 23.7. The molecule has 114 valence electrons. The quantitative estimate of drug-likeness (QED) is 0.554. The van der Waals surface area contributed by atoms with E-state index < -0.39 is 30.2 Å². The second-order valence-electron chi connectivity index (χ2n) is 5.43. The van der Waals surface area contributed by atoms with Gasteiger partial charge in [-0.05, 0) is 18.9 Å². The molecule has 1 aromatic rings. The predicted octanol–water partition coefficient (Wildman–Crippen LogP) is -0.608. The fraction of sp³-hybridized carbons (Fsp3) is 0.467. The average Bonchev–Trinajstić information content (AvgIpc) is 3.22. The van der Waals surface area contributed by atoms with Crippen molar-refractivity contribution in [2.24, 2.45) is 5.73 Å². The number of aliphatic hydroxyl groups excluding tert-OH is 1. The van der Waals surface area contributed by atoms with Gasteiger partial charge >= 0.3 is 0 Å². The first kappa shape index (κ1) is 15.6. The Balaban J connectivity index is 2.14. The molecule has 0 aliphatic carbocycles. The zero-order valence-electron chi connectivity index (χ0n) is 11.9. The van der Waals surface area contributed by atoms with Crippen LogP contribution in [0.25, 0.3) is 0 Å². The van der Waals surface area contributed by atoms with E-state index >= 15 is 0 Å². The predicted molar refractivity (Wildman–Crippen MR) is 76.5 cm³/mol. The van der Waals surface area contributed by atoms with Crippen molar-refractivity contribution >= 4 is 11.7 Å². The smallest absolute Gasteiger partial charge is 0.236 e. The monoisotopic (exact) mass is 292 g/mol. The van der Waals surface area contributed by atoms with Crippen LogP contribution < -0.4 is 11.1 Å². The number of epoxide rings is 1. The van der Waals surface area contributed by atoms with Gasteiger partial charge in [-0.3, -0.25) is 14.9 Å². The lowest BCUT2D eigenvalue weighted by molar-refractivity contribution is -0.127. The topological polar surface area (TPSA) is 105 Å². The molecule has 3 atom stereocenters. The molecule has 1 amide bonds. The number of amides is 1. The number of carbonyl (C=O) groups excluding carboxylic acids is 2. The fourth-order valence-electron chi connectivity index (χ4n) is 2.16. The SMILES string of the molecule is C[C@]1(C(=O)C(Cc2ccccc2)N[C@@H](CO)C(N)=O)CO1. The van der Waals surface area contributed by atoms with Gasteiger partial charge < -0.3 is 15.6 Å². The van der Waals surface area contributed by atoms with Crippen LogP contribution in [0.1, 0.15) is 12.5 Å². The van der Waals surface area contributed by atoms with Gasteiger partial charge in [0.05, 0.1) is 19.3 Å². The number of primary amides is 1. The number of carbonyl (C=O) groups is 2. The highest BCUT2D eigenvalue weighted by Gasteiger charge is 2.50. The molecule has 1 unspecified atom stereocenters. The number of ether oxygens (including phenoxy) is 1. The molecule has 0 saturated carbocycles. The third kappa shape index (κ3) is 3.87. The van der Waals surface area contributed by atoms with Crippen molar-refractivity contribution in [3.05, 3.63) is 35.9 Å². The van der Waals surface area contributed by atoms with Gasteiger partial charge in [-0.1, -0.05) is 30.3 Å². The molecule has 0 bridgehead atoms. The van der Waals surface area contributed by atoms with Crippen LogP contribution in [0.3, 0.4) is 0 Å². The molecular weight excluding hydrogens is 272 g/mol. The Morgan fingerprint density at radius 1 is 1.38 bits per heavy atom.